The Kier molecular flexibility index (Phi) is 3.10. The average molecular weight is 336 g/mol. The molecule has 0 saturated heterocycles. The molecule has 4 nitrogen and oxygen atoms in total. The second-order valence-corrected chi connectivity index (χ2v) is 5.09. The monoisotopic (exact) mass is 335 g/mol. The van der Waals surface area contributed by atoms with Crippen LogP contribution < -0.4 is 10.5 Å². The molecule has 0 amide bonds. The highest BCUT2D eigenvalue weighted by molar-refractivity contribution is 9.10. The molecular formula is C14H11BrFN3O. The average Bonchev–Trinajstić information content (AvgIpc) is 2.79. The van der Waals surface area contributed by atoms with E-state index in [-0.39, 0.29) is 5.82 Å². The number of fused-ring (bicyclic) bond motifs is 1. The van der Waals surface area contributed by atoms with Gasteiger partial charge in [0.2, 0.25) is 0 Å². The van der Waals surface area contributed by atoms with E-state index in [0.29, 0.717) is 28.5 Å². The van der Waals surface area contributed by atoms with Crippen molar-refractivity contribution in [1.29, 1.82) is 0 Å². The summed E-state index contributed by atoms with van der Waals surface area (Å²) in [6.45, 7) is 0. The number of aromatic nitrogens is 2. The summed E-state index contributed by atoms with van der Waals surface area (Å²) in [4.78, 5) is 4.47. The maximum Gasteiger partial charge on any atom is 0.181 e. The SMILES string of the molecule is COc1cccn2c(N)c(-c3cc(F)ccc3Br)nc12. The fraction of sp³-hybridized carbons (Fsp3) is 0.0714. The number of anilines is 1. The summed E-state index contributed by atoms with van der Waals surface area (Å²) in [7, 11) is 1.57. The molecule has 0 spiro atoms. The van der Waals surface area contributed by atoms with Crippen LogP contribution in [0.3, 0.4) is 0 Å². The normalized spacial score (nSPS) is 10.9. The van der Waals surface area contributed by atoms with Gasteiger partial charge in [0.15, 0.2) is 11.4 Å². The van der Waals surface area contributed by atoms with Gasteiger partial charge in [0.05, 0.1) is 7.11 Å². The lowest BCUT2D eigenvalue weighted by molar-refractivity contribution is 0.417. The van der Waals surface area contributed by atoms with Crippen molar-refractivity contribution in [2.75, 3.05) is 12.8 Å². The predicted octanol–water partition coefficient (Wildman–Crippen LogP) is 3.49. The van der Waals surface area contributed by atoms with Gasteiger partial charge in [-0.3, -0.25) is 4.40 Å². The molecule has 2 aromatic heterocycles. The van der Waals surface area contributed by atoms with Crippen LogP contribution in [0.25, 0.3) is 16.9 Å². The van der Waals surface area contributed by atoms with E-state index in [2.05, 4.69) is 20.9 Å². The number of imidazole rings is 1. The standard InChI is InChI=1S/C14H11BrFN3O/c1-20-11-3-2-6-19-13(17)12(18-14(11)19)9-7-8(16)4-5-10(9)15/h2-7H,17H2,1H3. The summed E-state index contributed by atoms with van der Waals surface area (Å²) in [5.41, 5.74) is 7.83. The number of pyridine rings is 1. The van der Waals surface area contributed by atoms with Crippen molar-refractivity contribution in [1.82, 2.24) is 9.38 Å². The first-order valence-electron chi connectivity index (χ1n) is 5.88. The molecule has 6 heteroatoms. The van der Waals surface area contributed by atoms with Gasteiger partial charge in [0.1, 0.15) is 17.3 Å². The third kappa shape index (κ3) is 1.92. The first-order chi connectivity index (χ1) is 9.61. The number of hydrogen-bond donors (Lipinski definition) is 1. The van der Waals surface area contributed by atoms with Crippen LogP contribution in [0.5, 0.6) is 5.75 Å². The molecule has 0 aliphatic carbocycles. The zero-order chi connectivity index (χ0) is 14.3. The quantitative estimate of drug-likeness (QED) is 0.779. The number of nitrogens with zero attached hydrogens (tertiary/aromatic N) is 2. The Labute approximate surface area is 123 Å². The zero-order valence-corrected chi connectivity index (χ0v) is 12.2. The van der Waals surface area contributed by atoms with Crippen LogP contribution in [0.4, 0.5) is 10.2 Å². The van der Waals surface area contributed by atoms with Crippen LogP contribution in [0.2, 0.25) is 0 Å². The molecule has 1 aromatic carbocycles. The number of methoxy groups -OCH3 is 1. The minimum atomic E-state index is -0.341. The van der Waals surface area contributed by atoms with Gasteiger partial charge in [-0.25, -0.2) is 9.37 Å². The highest BCUT2D eigenvalue weighted by atomic mass is 79.9. The molecule has 3 rings (SSSR count). The Morgan fingerprint density at radius 1 is 1.35 bits per heavy atom. The van der Waals surface area contributed by atoms with Crippen molar-refractivity contribution in [3.8, 4) is 17.0 Å². The van der Waals surface area contributed by atoms with Crippen LogP contribution in [0.15, 0.2) is 41.0 Å². The summed E-state index contributed by atoms with van der Waals surface area (Å²) in [6.07, 6.45) is 1.79. The lowest BCUT2D eigenvalue weighted by atomic mass is 10.1. The van der Waals surface area contributed by atoms with Crippen molar-refractivity contribution in [2.45, 2.75) is 0 Å². The van der Waals surface area contributed by atoms with Crippen LogP contribution in [-0.2, 0) is 0 Å². The van der Waals surface area contributed by atoms with Crippen LogP contribution >= 0.6 is 15.9 Å². The highest BCUT2D eigenvalue weighted by Gasteiger charge is 2.16. The van der Waals surface area contributed by atoms with Gasteiger partial charge in [-0.1, -0.05) is 15.9 Å². The Bertz CT molecular complexity index is 800. The summed E-state index contributed by atoms with van der Waals surface area (Å²) < 4.78 is 21.1. The molecule has 2 heterocycles. The summed E-state index contributed by atoms with van der Waals surface area (Å²) in [5, 5.41) is 0. The Hall–Kier alpha value is -2.08. The molecule has 0 aliphatic rings. The molecule has 102 valence electrons. The first-order valence-corrected chi connectivity index (χ1v) is 6.67. The minimum Gasteiger partial charge on any atom is -0.493 e. The molecule has 0 atom stereocenters. The van der Waals surface area contributed by atoms with E-state index < -0.39 is 0 Å². The number of nitrogens with two attached hydrogens (primary N) is 1. The van der Waals surface area contributed by atoms with Crippen molar-refractivity contribution in [2.24, 2.45) is 0 Å². The second-order valence-electron chi connectivity index (χ2n) is 4.24. The van der Waals surface area contributed by atoms with Crippen molar-refractivity contribution >= 4 is 27.4 Å². The highest BCUT2D eigenvalue weighted by Crippen LogP contribution is 2.34. The van der Waals surface area contributed by atoms with Crippen LogP contribution in [-0.4, -0.2) is 16.5 Å². The lowest BCUT2D eigenvalue weighted by Crippen LogP contribution is -1.95. The maximum atomic E-state index is 13.4. The van der Waals surface area contributed by atoms with Gasteiger partial charge < -0.3 is 10.5 Å². The van der Waals surface area contributed by atoms with E-state index in [9.17, 15) is 4.39 Å². The smallest absolute Gasteiger partial charge is 0.181 e. The number of rotatable bonds is 2. The van der Waals surface area contributed by atoms with E-state index in [4.69, 9.17) is 10.5 Å². The molecule has 0 bridgehead atoms. The summed E-state index contributed by atoms with van der Waals surface area (Å²) in [5.74, 6) is 0.704. The molecule has 20 heavy (non-hydrogen) atoms. The van der Waals surface area contributed by atoms with Crippen molar-refractivity contribution < 1.29 is 9.13 Å². The van der Waals surface area contributed by atoms with Gasteiger partial charge in [0, 0.05) is 16.2 Å². The van der Waals surface area contributed by atoms with E-state index in [1.165, 1.54) is 12.1 Å². The number of halogens is 2. The van der Waals surface area contributed by atoms with E-state index in [0.717, 1.165) is 4.47 Å². The van der Waals surface area contributed by atoms with Gasteiger partial charge in [-0.05, 0) is 30.3 Å². The third-order valence-corrected chi connectivity index (χ3v) is 3.75. The molecule has 0 radical (unpaired) electrons. The number of nitrogen functional groups attached to an aromatic ring is 1. The minimum absolute atomic E-state index is 0.341. The topological polar surface area (TPSA) is 52.5 Å². The van der Waals surface area contributed by atoms with Gasteiger partial charge >= 0.3 is 0 Å². The fourth-order valence-corrected chi connectivity index (χ4v) is 2.53. The van der Waals surface area contributed by atoms with Crippen molar-refractivity contribution in [3.63, 3.8) is 0 Å². The third-order valence-electron chi connectivity index (χ3n) is 3.05. The van der Waals surface area contributed by atoms with E-state index in [1.807, 2.05) is 6.07 Å². The Morgan fingerprint density at radius 3 is 2.90 bits per heavy atom. The lowest BCUT2D eigenvalue weighted by Gasteiger charge is -2.03. The molecule has 0 aliphatic heterocycles. The van der Waals surface area contributed by atoms with Crippen LogP contribution in [0.1, 0.15) is 0 Å². The first kappa shape index (κ1) is 12.9. The Balaban J connectivity index is 2.32. The molecule has 2 N–H and O–H groups in total. The fourth-order valence-electron chi connectivity index (χ4n) is 2.10. The maximum absolute atomic E-state index is 13.4. The number of hydrogen-bond acceptors (Lipinski definition) is 3. The largest absolute Gasteiger partial charge is 0.493 e. The molecule has 0 unspecified atom stereocenters. The molecule has 0 fully saturated rings. The van der Waals surface area contributed by atoms with Gasteiger partial charge in [-0.2, -0.15) is 0 Å². The molecular weight excluding hydrogens is 325 g/mol. The van der Waals surface area contributed by atoms with Gasteiger partial charge in [0.25, 0.3) is 0 Å². The van der Waals surface area contributed by atoms with E-state index >= 15 is 0 Å². The molecule has 3 aromatic rings. The second kappa shape index (κ2) is 4.79. The number of ether oxygens (including phenoxy) is 1. The Morgan fingerprint density at radius 2 is 2.15 bits per heavy atom. The molecule has 0 saturated carbocycles. The van der Waals surface area contributed by atoms with Crippen LogP contribution in [0, 0.1) is 5.82 Å². The summed E-state index contributed by atoms with van der Waals surface area (Å²) in [6, 6.07) is 8.01. The number of benzene rings is 1. The van der Waals surface area contributed by atoms with Gasteiger partial charge in [-0.15, -0.1) is 0 Å². The predicted molar refractivity (Wildman–Crippen MR) is 79.3 cm³/mol. The zero-order valence-electron chi connectivity index (χ0n) is 10.6. The van der Waals surface area contributed by atoms with Crippen molar-refractivity contribution in [3.05, 3.63) is 46.8 Å². The van der Waals surface area contributed by atoms with E-state index in [1.54, 1.807) is 29.8 Å². The summed E-state index contributed by atoms with van der Waals surface area (Å²) >= 11 is 3.39.